The first kappa shape index (κ1) is 13.0. The standard InChI is InChI=1S/C14H13FN2O2/c1-9-3-5-12(19-2)11(7-9)14(18)17-10-4-6-13(15)16-8-10/h3-8H,1-2H3,(H,17,18). The Morgan fingerprint density at radius 2 is 2.11 bits per heavy atom. The molecule has 19 heavy (non-hydrogen) atoms. The number of benzene rings is 1. The molecule has 5 heteroatoms. The largest absolute Gasteiger partial charge is 0.496 e. The molecule has 0 radical (unpaired) electrons. The highest BCUT2D eigenvalue weighted by Gasteiger charge is 2.12. The predicted molar refractivity (Wildman–Crippen MR) is 69.9 cm³/mol. The maximum atomic E-state index is 12.7. The van der Waals surface area contributed by atoms with Crippen molar-refractivity contribution in [3.05, 3.63) is 53.6 Å². The molecule has 0 saturated heterocycles. The third-order valence-corrected chi connectivity index (χ3v) is 2.58. The van der Waals surface area contributed by atoms with Crippen molar-refractivity contribution in [2.24, 2.45) is 0 Å². The second kappa shape index (κ2) is 5.48. The van der Waals surface area contributed by atoms with Gasteiger partial charge in [0.2, 0.25) is 5.95 Å². The molecule has 0 atom stereocenters. The van der Waals surface area contributed by atoms with Gasteiger partial charge < -0.3 is 10.1 Å². The first-order chi connectivity index (χ1) is 9.10. The summed E-state index contributed by atoms with van der Waals surface area (Å²) in [5, 5.41) is 2.64. The van der Waals surface area contributed by atoms with Crippen molar-refractivity contribution in [1.29, 1.82) is 0 Å². The van der Waals surface area contributed by atoms with Crippen LogP contribution in [0.1, 0.15) is 15.9 Å². The Kier molecular flexibility index (Phi) is 3.75. The molecule has 2 rings (SSSR count). The zero-order valence-electron chi connectivity index (χ0n) is 10.6. The van der Waals surface area contributed by atoms with E-state index in [9.17, 15) is 9.18 Å². The minimum absolute atomic E-state index is 0.325. The van der Waals surface area contributed by atoms with Crippen molar-refractivity contribution >= 4 is 11.6 Å². The first-order valence-electron chi connectivity index (χ1n) is 5.67. The van der Waals surface area contributed by atoms with Gasteiger partial charge in [0.1, 0.15) is 5.75 Å². The number of methoxy groups -OCH3 is 1. The average Bonchev–Trinajstić information content (AvgIpc) is 2.41. The highest BCUT2D eigenvalue weighted by molar-refractivity contribution is 6.06. The molecule has 1 aromatic carbocycles. The quantitative estimate of drug-likeness (QED) is 0.863. The second-order valence-corrected chi connectivity index (χ2v) is 4.03. The average molecular weight is 260 g/mol. The minimum atomic E-state index is -0.592. The van der Waals surface area contributed by atoms with Gasteiger partial charge in [-0.05, 0) is 31.2 Å². The number of carbonyl (C=O) groups excluding carboxylic acids is 1. The van der Waals surface area contributed by atoms with E-state index in [4.69, 9.17) is 4.74 Å². The molecule has 0 spiro atoms. The second-order valence-electron chi connectivity index (χ2n) is 4.03. The van der Waals surface area contributed by atoms with Crippen LogP contribution in [0.25, 0.3) is 0 Å². The lowest BCUT2D eigenvalue weighted by atomic mass is 10.1. The smallest absolute Gasteiger partial charge is 0.259 e. The van der Waals surface area contributed by atoms with Gasteiger partial charge in [0.25, 0.3) is 5.91 Å². The van der Waals surface area contributed by atoms with Gasteiger partial charge in [-0.2, -0.15) is 4.39 Å². The van der Waals surface area contributed by atoms with Gasteiger partial charge in [-0.25, -0.2) is 4.98 Å². The Labute approximate surface area is 110 Å². The van der Waals surface area contributed by atoms with Gasteiger partial charge in [0, 0.05) is 0 Å². The Morgan fingerprint density at radius 1 is 1.32 bits per heavy atom. The third kappa shape index (κ3) is 3.07. The number of carbonyl (C=O) groups is 1. The van der Waals surface area contributed by atoms with Gasteiger partial charge in [0.15, 0.2) is 0 Å². The summed E-state index contributed by atoms with van der Waals surface area (Å²) in [6.45, 7) is 1.88. The van der Waals surface area contributed by atoms with Gasteiger partial charge in [-0.1, -0.05) is 11.6 Å². The molecule has 0 saturated carbocycles. The summed E-state index contributed by atoms with van der Waals surface area (Å²) in [6.07, 6.45) is 1.26. The molecule has 1 N–H and O–H groups in total. The molecular formula is C14H13FN2O2. The number of halogens is 1. The van der Waals surface area contributed by atoms with Crippen LogP contribution in [0.2, 0.25) is 0 Å². The molecule has 0 unspecified atom stereocenters. The molecule has 0 bridgehead atoms. The van der Waals surface area contributed by atoms with E-state index in [0.29, 0.717) is 17.0 Å². The van der Waals surface area contributed by atoms with Crippen molar-refractivity contribution in [2.75, 3.05) is 12.4 Å². The first-order valence-corrected chi connectivity index (χ1v) is 5.67. The molecule has 1 aromatic heterocycles. The predicted octanol–water partition coefficient (Wildman–Crippen LogP) is 2.79. The van der Waals surface area contributed by atoms with Crippen LogP contribution in [-0.4, -0.2) is 18.0 Å². The number of anilines is 1. The lowest BCUT2D eigenvalue weighted by molar-refractivity contribution is 0.102. The van der Waals surface area contributed by atoms with E-state index in [2.05, 4.69) is 10.3 Å². The number of pyridine rings is 1. The maximum Gasteiger partial charge on any atom is 0.259 e. The number of nitrogens with one attached hydrogen (secondary N) is 1. The molecule has 98 valence electrons. The SMILES string of the molecule is COc1ccc(C)cc1C(=O)Nc1ccc(F)nc1. The van der Waals surface area contributed by atoms with E-state index >= 15 is 0 Å². The van der Waals surface area contributed by atoms with Gasteiger partial charge in [-0.15, -0.1) is 0 Å². The van der Waals surface area contributed by atoms with Crippen LogP contribution < -0.4 is 10.1 Å². The van der Waals surface area contributed by atoms with Gasteiger partial charge >= 0.3 is 0 Å². The Morgan fingerprint density at radius 3 is 2.74 bits per heavy atom. The number of aryl methyl sites for hydroxylation is 1. The minimum Gasteiger partial charge on any atom is -0.496 e. The summed E-state index contributed by atoms with van der Waals surface area (Å²) in [5.41, 5.74) is 1.80. The molecule has 0 fully saturated rings. The summed E-state index contributed by atoms with van der Waals surface area (Å²) in [7, 11) is 1.50. The molecule has 0 aliphatic rings. The van der Waals surface area contributed by atoms with E-state index in [1.807, 2.05) is 13.0 Å². The fourth-order valence-corrected chi connectivity index (χ4v) is 1.65. The number of hydrogen-bond acceptors (Lipinski definition) is 3. The van der Waals surface area contributed by atoms with Crippen LogP contribution in [0, 0.1) is 12.9 Å². The summed E-state index contributed by atoms with van der Waals surface area (Å²) in [4.78, 5) is 15.6. The van der Waals surface area contributed by atoms with E-state index in [1.54, 1.807) is 12.1 Å². The lowest BCUT2D eigenvalue weighted by Crippen LogP contribution is -2.13. The number of rotatable bonds is 3. The van der Waals surface area contributed by atoms with Crippen molar-refractivity contribution < 1.29 is 13.9 Å². The fraction of sp³-hybridized carbons (Fsp3) is 0.143. The lowest BCUT2D eigenvalue weighted by Gasteiger charge is -2.10. The maximum absolute atomic E-state index is 12.7. The highest BCUT2D eigenvalue weighted by Crippen LogP contribution is 2.21. The van der Waals surface area contributed by atoms with Crippen LogP contribution in [0.4, 0.5) is 10.1 Å². The number of amides is 1. The monoisotopic (exact) mass is 260 g/mol. The number of ether oxygens (including phenoxy) is 1. The Hall–Kier alpha value is -2.43. The topological polar surface area (TPSA) is 51.2 Å². The summed E-state index contributed by atoms with van der Waals surface area (Å²) < 4.78 is 17.8. The molecule has 0 aliphatic carbocycles. The Bertz CT molecular complexity index is 597. The van der Waals surface area contributed by atoms with Crippen molar-refractivity contribution in [3.63, 3.8) is 0 Å². The molecule has 1 heterocycles. The number of nitrogens with zero attached hydrogens (tertiary/aromatic N) is 1. The zero-order valence-corrected chi connectivity index (χ0v) is 10.6. The van der Waals surface area contributed by atoms with E-state index in [-0.39, 0.29) is 5.91 Å². The highest BCUT2D eigenvalue weighted by atomic mass is 19.1. The molecule has 0 aliphatic heterocycles. The molecule has 1 amide bonds. The van der Waals surface area contributed by atoms with E-state index in [0.717, 1.165) is 5.56 Å². The van der Waals surface area contributed by atoms with Gasteiger partial charge in [-0.3, -0.25) is 4.79 Å². The van der Waals surface area contributed by atoms with Crippen molar-refractivity contribution in [2.45, 2.75) is 6.92 Å². The zero-order chi connectivity index (χ0) is 13.8. The summed E-state index contributed by atoms with van der Waals surface area (Å²) in [6, 6.07) is 7.94. The van der Waals surface area contributed by atoms with Crippen molar-refractivity contribution in [3.8, 4) is 5.75 Å². The molecule has 2 aromatic rings. The van der Waals surface area contributed by atoms with Gasteiger partial charge in [0.05, 0.1) is 24.6 Å². The van der Waals surface area contributed by atoms with Crippen LogP contribution >= 0.6 is 0 Å². The molecular weight excluding hydrogens is 247 g/mol. The van der Waals surface area contributed by atoms with Crippen LogP contribution in [0.15, 0.2) is 36.5 Å². The summed E-state index contributed by atoms with van der Waals surface area (Å²) >= 11 is 0. The number of hydrogen-bond donors (Lipinski definition) is 1. The van der Waals surface area contributed by atoms with Crippen LogP contribution in [-0.2, 0) is 0 Å². The molecule has 4 nitrogen and oxygen atoms in total. The Balaban J connectivity index is 2.24. The fourth-order valence-electron chi connectivity index (χ4n) is 1.65. The van der Waals surface area contributed by atoms with E-state index in [1.165, 1.54) is 25.4 Å². The van der Waals surface area contributed by atoms with Crippen LogP contribution in [0.5, 0.6) is 5.75 Å². The van der Waals surface area contributed by atoms with Crippen molar-refractivity contribution in [1.82, 2.24) is 4.98 Å². The number of aromatic nitrogens is 1. The normalized spacial score (nSPS) is 10.1. The summed E-state index contributed by atoms with van der Waals surface area (Å²) in [5.74, 6) is -0.432. The third-order valence-electron chi connectivity index (χ3n) is 2.58. The van der Waals surface area contributed by atoms with Crippen LogP contribution in [0.3, 0.4) is 0 Å². The van der Waals surface area contributed by atoms with E-state index < -0.39 is 5.95 Å².